The monoisotopic (exact) mass is 211 g/mol. The van der Waals surface area contributed by atoms with Gasteiger partial charge in [-0.1, -0.05) is 0 Å². The molecule has 15 heavy (non-hydrogen) atoms. The van der Waals surface area contributed by atoms with Gasteiger partial charge >= 0.3 is 0 Å². The van der Waals surface area contributed by atoms with Gasteiger partial charge in [0.05, 0.1) is 0 Å². The van der Waals surface area contributed by atoms with Crippen LogP contribution in [0.15, 0.2) is 0 Å². The number of nitrogens with zero attached hydrogens (tertiary/aromatic N) is 2. The molecule has 1 atom stereocenters. The van der Waals surface area contributed by atoms with E-state index in [1.165, 1.54) is 38.9 Å². The van der Waals surface area contributed by atoms with Crippen molar-refractivity contribution in [3.8, 4) is 0 Å². The molecule has 0 amide bonds. The van der Waals surface area contributed by atoms with Crippen molar-refractivity contribution in [1.29, 1.82) is 0 Å². The first-order chi connectivity index (χ1) is 7.29. The molecule has 0 radical (unpaired) electrons. The average Bonchev–Trinajstić information content (AvgIpc) is 2.98. The van der Waals surface area contributed by atoms with Crippen LogP contribution < -0.4 is 5.73 Å². The van der Waals surface area contributed by atoms with E-state index in [4.69, 9.17) is 5.73 Å². The molecule has 0 aromatic carbocycles. The van der Waals surface area contributed by atoms with Gasteiger partial charge in [0.25, 0.3) is 0 Å². The quantitative estimate of drug-likeness (QED) is 0.704. The summed E-state index contributed by atoms with van der Waals surface area (Å²) in [5.41, 5.74) is 5.52. The first-order valence-electron chi connectivity index (χ1n) is 6.42. The smallest absolute Gasteiger partial charge is 0.00965 e. The second-order valence-corrected chi connectivity index (χ2v) is 5.29. The summed E-state index contributed by atoms with van der Waals surface area (Å²) in [5.74, 6) is 0.911. The Kier molecular flexibility index (Phi) is 4.00. The van der Waals surface area contributed by atoms with E-state index in [1.807, 2.05) is 0 Å². The lowest BCUT2D eigenvalue weighted by atomic mass is 10.1. The third-order valence-corrected chi connectivity index (χ3v) is 3.69. The van der Waals surface area contributed by atoms with E-state index in [0.29, 0.717) is 0 Å². The van der Waals surface area contributed by atoms with Gasteiger partial charge in [0.2, 0.25) is 0 Å². The summed E-state index contributed by atoms with van der Waals surface area (Å²) in [6.07, 6.45) is 5.45. The van der Waals surface area contributed by atoms with Crippen LogP contribution in [0.4, 0.5) is 0 Å². The molecule has 1 saturated carbocycles. The number of likely N-dealkylation sites (tertiary alicyclic amines) is 1. The molecule has 3 heteroatoms. The van der Waals surface area contributed by atoms with E-state index in [-0.39, 0.29) is 0 Å². The van der Waals surface area contributed by atoms with Crippen LogP contribution in [0.2, 0.25) is 0 Å². The lowest BCUT2D eigenvalue weighted by Crippen LogP contribution is -2.30. The van der Waals surface area contributed by atoms with Crippen molar-refractivity contribution in [3.05, 3.63) is 0 Å². The van der Waals surface area contributed by atoms with Crippen molar-refractivity contribution in [3.63, 3.8) is 0 Å². The molecular weight excluding hydrogens is 186 g/mol. The van der Waals surface area contributed by atoms with Gasteiger partial charge in [-0.2, -0.15) is 0 Å². The number of hydrogen-bond donors (Lipinski definition) is 1. The maximum Gasteiger partial charge on any atom is 0.00965 e. The molecule has 3 nitrogen and oxygen atoms in total. The molecular formula is C12H25N3. The van der Waals surface area contributed by atoms with Gasteiger partial charge in [0.15, 0.2) is 0 Å². The summed E-state index contributed by atoms with van der Waals surface area (Å²) in [7, 11) is 2.23. The molecule has 0 aromatic heterocycles. The fourth-order valence-electron chi connectivity index (χ4n) is 2.68. The van der Waals surface area contributed by atoms with Crippen LogP contribution in [0.1, 0.15) is 25.7 Å². The lowest BCUT2D eigenvalue weighted by molar-refractivity contribution is 0.258. The summed E-state index contributed by atoms with van der Waals surface area (Å²) in [4.78, 5) is 5.15. The molecule has 2 rings (SSSR count). The van der Waals surface area contributed by atoms with Crippen LogP contribution in [0.25, 0.3) is 0 Å². The van der Waals surface area contributed by atoms with E-state index in [0.717, 1.165) is 31.5 Å². The predicted octanol–water partition coefficient (Wildman–Crippen LogP) is 0.751. The molecule has 1 unspecified atom stereocenters. The SMILES string of the molecule is CN(CCCN)CC1CCN(C2CC2)C1. The van der Waals surface area contributed by atoms with E-state index in [2.05, 4.69) is 16.8 Å². The van der Waals surface area contributed by atoms with Gasteiger partial charge in [0, 0.05) is 19.1 Å². The summed E-state index contributed by atoms with van der Waals surface area (Å²) in [5, 5.41) is 0. The van der Waals surface area contributed by atoms with Crippen molar-refractivity contribution in [2.75, 3.05) is 39.8 Å². The fraction of sp³-hybridized carbons (Fsp3) is 1.00. The van der Waals surface area contributed by atoms with E-state index in [9.17, 15) is 0 Å². The minimum atomic E-state index is 0.823. The normalized spacial score (nSPS) is 27.8. The molecule has 0 spiro atoms. The van der Waals surface area contributed by atoms with Crippen molar-refractivity contribution in [2.45, 2.75) is 31.7 Å². The minimum absolute atomic E-state index is 0.823. The highest BCUT2D eigenvalue weighted by molar-refractivity contribution is 4.90. The zero-order valence-electron chi connectivity index (χ0n) is 9.99. The van der Waals surface area contributed by atoms with Crippen LogP contribution >= 0.6 is 0 Å². The Bertz CT molecular complexity index is 191. The van der Waals surface area contributed by atoms with E-state index in [1.54, 1.807) is 0 Å². The van der Waals surface area contributed by atoms with Crippen LogP contribution in [0.5, 0.6) is 0 Å². The van der Waals surface area contributed by atoms with Gasteiger partial charge in [-0.25, -0.2) is 0 Å². The Morgan fingerprint density at radius 3 is 2.80 bits per heavy atom. The van der Waals surface area contributed by atoms with Crippen molar-refractivity contribution in [2.24, 2.45) is 11.7 Å². The molecule has 2 aliphatic rings. The first-order valence-corrected chi connectivity index (χ1v) is 6.42. The third kappa shape index (κ3) is 3.44. The third-order valence-electron chi connectivity index (χ3n) is 3.69. The predicted molar refractivity (Wildman–Crippen MR) is 63.9 cm³/mol. The topological polar surface area (TPSA) is 32.5 Å². The molecule has 88 valence electrons. The highest BCUT2D eigenvalue weighted by Gasteiger charge is 2.34. The number of nitrogens with two attached hydrogens (primary N) is 1. The summed E-state index contributed by atoms with van der Waals surface area (Å²) in [6.45, 7) is 5.94. The zero-order chi connectivity index (χ0) is 10.7. The van der Waals surface area contributed by atoms with Crippen molar-refractivity contribution < 1.29 is 0 Å². The molecule has 1 saturated heterocycles. The highest BCUT2D eigenvalue weighted by atomic mass is 15.2. The van der Waals surface area contributed by atoms with Crippen LogP contribution in [-0.2, 0) is 0 Å². The maximum atomic E-state index is 5.52. The second kappa shape index (κ2) is 5.28. The summed E-state index contributed by atoms with van der Waals surface area (Å²) >= 11 is 0. The largest absolute Gasteiger partial charge is 0.330 e. The summed E-state index contributed by atoms with van der Waals surface area (Å²) in [6, 6.07) is 0.962. The van der Waals surface area contributed by atoms with Crippen LogP contribution in [0, 0.1) is 5.92 Å². The van der Waals surface area contributed by atoms with Crippen molar-refractivity contribution >= 4 is 0 Å². The highest BCUT2D eigenvalue weighted by Crippen LogP contribution is 2.31. The average molecular weight is 211 g/mol. The molecule has 1 aliphatic carbocycles. The Balaban J connectivity index is 1.62. The molecule has 0 aromatic rings. The van der Waals surface area contributed by atoms with Gasteiger partial charge in [0.1, 0.15) is 0 Å². The van der Waals surface area contributed by atoms with Crippen LogP contribution in [0.3, 0.4) is 0 Å². The first kappa shape index (κ1) is 11.4. The Hall–Kier alpha value is -0.120. The van der Waals surface area contributed by atoms with Gasteiger partial charge < -0.3 is 15.5 Å². The van der Waals surface area contributed by atoms with E-state index < -0.39 is 0 Å². The molecule has 2 fully saturated rings. The standard InChI is InChI=1S/C12H25N3/c1-14(7-2-6-13)9-11-5-8-15(10-11)12-3-4-12/h11-12H,2-10,13H2,1H3. The number of hydrogen-bond acceptors (Lipinski definition) is 3. The van der Waals surface area contributed by atoms with E-state index >= 15 is 0 Å². The van der Waals surface area contributed by atoms with Gasteiger partial charge in [-0.3, -0.25) is 0 Å². The van der Waals surface area contributed by atoms with Gasteiger partial charge in [-0.15, -0.1) is 0 Å². The Morgan fingerprint density at radius 2 is 2.13 bits per heavy atom. The fourth-order valence-corrected chi connectivity index (χ4v) is 2.68. The minimum Gasteiger partial charge on any atom is -0.330 e. The molecule has 2 N–H and O–H groups in total. The zero-order valence-corrected chi connectivity index (χ0v) is 9.99. The molecule has 0 bridgehead atoms. The van der Waals surface area contributed by atoms with Crippen LogP contribution in [-0.4, -0.2) is 55.6 Å². The van der Waals surface area contributed by atoms with Crippen molar-refractivity contribution in [1.82, 2.24) is 9.80 Å². The molecule has 1 aliphatic heterocycles. The number of rotatable bonds is 6. The summed E-state index contributed by atoms with van der Waals surface area (Å²) < 4.78 is 0. The van der Waals surface area contributed by atoms with Gasteiger partial charge in [-0.05, 0) is 58.3 Å². The second-order valence-electron chi connectivity index (χ2n) is 5.29. The lowest BCUT2D eigenvalue weighted by Gasteiger charge is -2.21. The maximum absolute atomic E-state index is 5.52. The Morgan fingerprint density at radius 1 is 1.33 bits per heavy atom. The molecule has 1 heterocycles. The Labute approximate surface area is 93.6 Å².